The Labute approximate surface area is 200 Å². The van der Waals surface area contributed by atoms with Crippen LogP contribution >= 0.6 is 12.8 Å². The van der Waals surface area contributed by atoms with Gasteiger partial charge < -0.3 is 15.0 Å². The number of carbonyl (C=O) groups excluding carboxylic acids is 3. The van der Waals surface area contributed by atoms with Crippen molar-refractivity contribution < 1.29 is 32.3 Å². The molecule has 12 heteroatoms. The minimum Gasteiger partial charge on any atom is -0.493 e. The summed E-state index contributed by atoms with van der Waals surface area (Å²) in [5.41, 5.74) is -1.21. The minimum absolute atomic E-state index is 0.0488. The molecule has 0 bridgehead atoms. The van der Waals surface area contributed by atoms with Crippen LogP contribution in [0.1, 0.15) is 52.6 Å². The molecule has 0 aliphatic carbocycles. The molecule has 184 valence electrons. The van der Waals surface area contributed by atoms with Gasteiger partial charge in [0.25, 0.3) is 11.8 Å². The van der Waals surface area contributed by atoms with Crippen LogP contribution in [0.2, 0.25) is 0 Å². The van der Waals surface area contributed by atoms with E-state index in [1.807, 2.05) is 6.92 Å². The molecule has 0 fully saturated rings. The van der Waals surface area contributed by atoms with Crippen LogP contribution in [0, 0.1) is 0 Å². The van der Waals surface area contributed by atoms with E-state index in [0.29, 0.717) is 10.7 Å². The molecule has 0 aliphatic rings. The molecular formula is C22H25F3N4O4S. The summed E-state index contributed by atoms with van der Waals surface area (Å²) in [5, 5.41) is 2.21. The maximum atomic E-state index is 13.5. The number of hydrogen-bond donors (Lipinski definition) is 2. The highest BCUT2D eigenvalue weighted by Crippen LogP contribution is 2.38. The third-order valence-electron chi connectivity index (χ3n) is 4.56. The van der Waals surface area contributed by atoms with Gasteiger partial charge in [-0.3, -0.25) is 14.6 Å². The second-order valence-corrected chi connectivity index (χ2v) is 7.84. The van der Waals surface area contributed by atoms with E-state index in [1.165, 1.54) is 37.2 Å². The number of anilines is 1. The topological polar surface area (TPSA) is 91.8 Å². The van der Waals surface area contributed by atoms with Gasteiger partial charge in [-0.15, -0.1) is 0 Å². The number of nitrogens with one attached hydrogen (secondary N) is 1. The Balaban J connectivity index is 2.12. The molecule has 0 unspecified atom stereocenters. The van der Waals surface area contributed by atoms with Crippen LogP contribution in [0.5, 0.6) is 5.75 Å². The van der Waals surface area contributed by atoms with Crippen LogP contribution in [0.25, 0.3) is 0 Å². The van der Waals surface area contributed by atoms with Gasteiger partial charge in [0.15, 0.2) is 0 Å². The minimum atomic E-state index is -4.71. The van der Waals surface area contributed by atoms with Gasteiger partial charge in [0, 0.05) is 26.0 Å². The van der Waals surface area contributed by atoms with Crippen molar-refractivity contribution in [3.63, 3.8) is 0 Å². The molecule has 1 N–H and O–H groups in total. The summed E-state index contributed by atoms with van der Waals surface area (Å²) in [6.45, 7) is 2.10. The number of rotatable bonds is 8. The largest absolute Gasteiger partial charge is 0.493 e. The molecule has 0 spiro atoms. The monoisotopic (exact) mass is 498 g/mol. The summed E-state index contributed by atoms with van der Waals surface area (Å²) in [6, 6.07) is 4.59. The number of urea groups is 1. The zero-order valence-electron chi connectivity index (χ0n) is 18.8. The van der Waals surface area contributed by atoms with E-state index in [9.17, 15) is 27.6 Å². The number of carbonyl (C=O) groups is 3. The highest BCUT2D eigenvalue weighted by Gasteiger charge is 2.35. The van der Waals surface area contributed by atoms with E-state index in [-0.39, 0.29) is 35.2 Å². The van der Waals surface area contributed by atoms with Gasteiger partial charge in [-0.25, -0.2) is 9.10 Å². The normalized spacial score (nSPS) is 11.0. The third-order valence-corrected chi connectivity index (χ3v) is 4.93. The van der Waals surface area contributed by atoms with E-state index in [2.05, 4.69) is 23.1 Å². The maximum Gasteiger partial charge on any atom is 0.420 e. The van der Waals surface area contributed by atoms with Crippen molar-refractivity contribution in [1.82, 2.24) is 14.2 Å². The molecule has 2 rings (SSSR count). The molecule has 0 saturated heterocycles. The summed E-state index contributed by atoms with van der Waals surface area (Å²) in [6.07, 6.45) is -1.28. The number of halogens is 3. The molecule has 4 amide bonds. The molecular weight excluding hydrogens is 473 g/mol. The molecule has 1 aromatic carbocycles. The zero-order chi connectivity index (χ0) is 25.5. The summed E-state index contributed by atoms with van der Waals surface area (Å²) in [7, 11) is 3.08. The first-order valence-electron chi connectivity index (χ1n) is 10.3. The van der Waals surface area contributed by atoms with Crippen molar-refractivity contribution in [2.24, 2.45) is 0 Å². The first-order valence-corrected chi connectivity index (χ1v) is 10.7. The lowest BCUT2D eigenvalue weighted by Crippen LogP contribution is -2.33. The highest BCUT2D eigenvalue weighted by molar-refractivity contribution is 7.79. The van der Waals surface area contributed by atoms with E-state index in [1.54, 1.807) is 0 Å². The number of pyridine rings is 1. The maximum absolute atomic E-state index is 13.5. The molecule has 2 aromatic rings. The van der Waals surface area contributed by atoms with Gasteiger partial charge in [-0.05, 0) is 36.8 Å². The average Bonchev–Trinajstić information content (AvgIpc) is 2.80. The van der Waals surface area contributed by atoms with E-state index in [4.69, 9.17) is 4.74 Å². The van der Waals surface area contributed by atoms with Crippen molar-refractivity contribution in [3.05, 3.63) is 53.3 Å². The number of amides is 4. The lowest BCUT2D eigenvalue weighted by atomic mass is 10.1. The van der Waals surface area contributed by atoms with Crippen molar-refractivity contribution in [3.8, 4) is 5.75 Å². The Morgan fingerprint density at radius 1 is 1.09 bits per heavy atom. The fourth-order valence-electron chi connectivity index (χ4n) is 2.76. The van der Waals surface area contributed by atoms with Crippen molar-refractivity contribution in [2.45, 2.75) is 32.4 Å². The van der Waals surface area contributed by atoms with Crippen LogP contribution in [0.3, 0.4) is 0 Å². The number of thiol groups is 1. The smallest absolute Gasteiger partial charge is 0.420 e. The van der Waals surface area contributed by atoms with Crippen molar-refractivity contribution in [2.75, 3.05) is 26.0 Å². The molecule has 0 atom stereocenters. The average molecular weight is 499 g/mol. The summed E-state index contributed by atoms with van der Waals surface area (Å²) in [4.78, 5) is 42.0. The Morgan fingerprint density at radius 3 is 2.35 bits per heavy atom. The van der Waals surface area contributed by atoms with Crippen molar-refractivity contribution in [1.29, 1.82) is 0 Å². The summed E-state index contributed by atoms with van der Waals surface area (Å²) in [5.74, 6) is -1.61. The number of alkyl halides is 3. The summed E-state index contributed by atoms with van der Waals surface area (Å²) < 4.78 is 46.1. The van der Waals surface area contributed by atoms with Gasteiger partial charge >= 0.3 is 12.2 Å². The molecule has 1 heterocycles. The van der Waals surface area contributed by atoms with Crippen LogP contribution in [0.4, 0.5) is 23.7 Å². The van der Waals surface area contributed by atoms with Gasteiger partial charge in [-0.1, -0.05) is 32.6 Å². The van der Waals surface area contributed by atoms with Gasteiger partial charge in [0.05, 0.1) is 17.7 Å². The Bertz CT molecular complexity index is 1030. The molecule has 0 saturated carbocycles. The SMILES string of the molecule is CCCCCOc1ccc(NC(=O)N(S)C(=O)c2ccc(C(=O)N(C)C)nc2)cc1C(F)(F)F. The quantitative estimate of drug-likeness (QED) is 0.400. The Morgan fingerprint density at radius 2 is 1.79 bits per heavy atom. The predicted molar refractivity (Wildman–Crippen MR) is 123 cm³/mol. The van der Waals surface area contributed by atoms with Crippen LogP contribution < -0.4 is 10.1 Å². The lowest BCUT2D eigenvalue weighted by molar-refractivity contribution is -0.138. The zero-order valence-corrected chi connectivity index (χ0v) is 19.7. The number of imide groups is 1. The van der Waals surface area contributed by atoms with E-state index in [0.717, 1.165) is 31.2 Å². The standard InChI is InChI=1S/C22H25F3N4O4S/c1-4-5-6-11-33-18-10-8-15(12-16(18)22(23,24)25)27-21(32)29(34)19(30)14-7-9-17(26-13-14)20(31)28(2)3/h7-10,12-13,34H,4-6,11H2,1-3H3,(H,27,32). The fourth-order valence-corrected chi connectivity index (χ4v) is 2.92. The first kappa shape index (κ1) is 27.0. The van der Waals surface area contributed by atoms with E-state index < -0.39 is 23.7 Å². The van der Waals surface area contributed by atoms with Gasteiger partial charge in [-0.2, -0.15) is 13.2 Å². The van der Waals surface area contributed by atoms with Gasteiger partial charge in [0.1, 0.15) is 11.4 Å². The van der Waals surface area contributed by atoms with Crippen LogP contribution in [-0.4, -0.2) is 52.7 Å². The molecule has 8 nitrogen and oxygen atoms in total. The van der Waals surface area contributed by atoms with Crippen LogP contribution in [0.15, 0.2) is 36.5 Å². The Kier molecular flexibility index (Phi) is 9.30. The number of benzene rings is 1. The third kappa shape index (κ3) is 7.11. The number of nitrogens with zero attached hydrogens (tertiary/aromatic N) is 3. The molecule has 1 aromatic heterocycles. The second-order valence-electron chi connectivity index (χ2n) is 7.44. The number of ether oxygens (including phenoxy) is 1. The van der Waals surface area contributed by atoms with Gasteiger partial charge in [0.2, 0.25) is 0 Å². The number of unbranched alkanes of at least 4 members (excludes halogenated alkanes) is 2. The fraction of sp³-hybridized carbons (Fsp3) is 0.364. The number of aromatic nitrogens is 1. The second kappa shape index (κ2) is 11.7. The Hall–Kier alpha value is -3.28. The number of hydrogen-bond acceptors (Lipinski definition) is 6. The molecule has 0 radical (unpaired) electrons. The highest BCUT2D eigenvalue weighted by atomic mass is 32.1. The molecule has 34 heavy (non-hydrogen) atoms. The van der Waals surface area contributed by atoms with Crippen molar-refractivity contribution >= 4 is 36.3 Å². The van der Waals surface area contributed by atoms with E-state index >= 15 is 0 Å². The van der Waals surface area contributed by atoms with Crippen LogP contribution in [-0.2, 0) is 6.18 Å². The summed E-state index contributed by atoms with van der Waals surface area (Å²) >= 11 is 3.85. The first-order chi connectivity index (χ1) is 16.0. The molecule has 0 aliphatic heterocycles. The lowest BCUT2D eigenvalue weighted by Gasteiger charge is -2.18. The predicted octanol–water partition coefficient (Wildman–Crippen LogP) is 4.89.